The van der Waals surface area contributed by atoms with Gasteiger partial charge in [0.1, 0.15) is 0 Å². The highest BCUT2D eigenvalue weighted by Crippen LogP contribution is 2.35. The van der Waals surface area contributed by atoms with Gasteiger partial charge < -0.3 is 5.32 Å². The van der Waals surface area contributed by atoms with Crippen molar-refractivity contribution >= 4 is 22.4 Å². The van der Waals surface area contributed by atoms with Crippen LogP contribution in [0.1, 0.15) is 79.4 Å². The molecule has 1 aliphatic rings. The lowest BCUT2D eigenvalue weighted by molar-refractivity contribution is -0.115. The highest BCUT2D eigenvalue weighted by atomic mass is 32.1. The molecule has 0 aliphatic heterocycles. The Morgan fingerprint density at radius 1 is 1.32 bits per heavy atom. The molecule has 0 saturated heterocycles. The Bertz CT molecular complexity index is 729. The first kappa shape index (κ1) is 18.1. The van der Waals surface area contributed by atoms with Crippen molar-refractivity contribution in [3.63, 3.8) is 0 Å². The Morgan fingerprint density at radius 2 is 2.08 bits per heavy atom. The summed E-state index contributed by atoms with van der Waals surface area (Å²) in [6.45, 7) is 8.34. The second-order valence-corrected chi connectivity index (χ2v) is 8.38. The average Bonchev–Trinajstić information content (AvgIpc) is 3.06. The first-order valence-electron chi connectivity index (χ1n) is 9.23. The van der Waals surface area contributed by atoms with Crippen LogP contribution in [0, 0.1) is 6.92 Å². The van der Waals surface area contributed by atoms with Crippen LogP contribution in [0.5, 0.6) is 0 Å². The minimum Gasteiger partial charge on any atom is -0.302 e. The van der Waals surface area contributed by atoms with Gasteiger partial charge in [-0.2, -0.15) is 0 Å². The van der Waals surface area contributed by atoms with Gasteiger partial charge in [0.05, 0.1) is 6.42 Å². The van der Waals surface area contributed by atoms with Crippen LogP contribution in [0.3, 0.4) is 0 Å². The molecule has 0 bridgehead atoms. The molecule has 1 heterocycles. The highest BCUT2D eigenvalue weighted by Gasteiger charge is 2.20. The maximum Gasteiger partial charge on any atom is 0.230 e. The second kappa shape index (κ2) is 8.13. The zero-order valence-electron chi connectivity index (χ0n) is 15.2. The third-order valence-corrected chi connectivity index (χ3v) is 6.16. The smallest absolute Gasteiger partial charge is 0.230 e. The predicted molar refractivity (Wildman–Crippen MR) is 105 cm³/mol. The van der Waals surface area contributed by atoms with E-state index in [1.54, 1.807) is 11.3 Å². The third-order valence-electron chi connectivity index (χ3n) is 4.95. The number of anilines is 1. The molecule has 3 rings (SSSR count). The molecule has 4 heteroatoms. The van der Waals surface area contributed by atoms with Crippen molar-refractivity contribution in [2.45, 2.75) is 64.2 Å². The van der Waals surface area contributed by atoms with E-state index in [2.05, 4.69) is 43.2 Å². The van der Waals surface area contributed by atoms with E-state index in [4.69, 9.17) is 0 Å². The Kier molecular flexibility index (Phi) is 5.89. The molecule has 1 amide bonds. The maximum atomic E-state index is 12.5. The van der Waals surface area contributed by atoms with Crippen molar-refractivity contribution in [1.82, 2.24) is 4.98 Å². The number of thiazole rings is 1. The van der Waals surface area contributed by atoms with E-state index in [1.165, 1.54) is 42.5 Å². The molecule has 1 aliphatic carbocycles. The number of rotatable bonds is 5. The van der Waals surface area contributed by atoms with E-state index in [9.17, 15) is 4.79 Å². The summed E-state index contributed by atoms with van der Waals surface area (Å²) < 4.78 is 0. The molecule has 2 aromatic rings. The Labute approximate surface area is 154 Å². The van der Waals surface area contributed by atoms with Crippen LogP contribution in [0.2, 0.25) is 0 Å². The monoisotopic (exact) mass is 355 g/mol. The second-order valence-electron chi connectivity index (χ2n) is 7.32. The minimum absolute atomic E-state index is 0.0125. The quantitative estimate of drug-likeness (QED) is 0.750. The number of benzene rings is 1. The summed E-state index contributed by atoms with van der Waals surface area (Å²) in [7, 11) is 0. The van der Waals surface area contributed by atoms with Crippen molar-refractivity contribution in [1.29, 1.82) is 0 Å². The van der Waals surface area contributed by atoms with Crippen molar-refractivity contribution in [2.24, 2.45) is 0 Å². The fraction of sp³-hybridized carbons (Fsp3) is 0.476. The molecule has 133 valence electrons. The van der Waals surface area contributed by atoms with E-state index in [0.717, 1.165) is 11.1 Å². The topological polar surface area (TPSA) is 42.0 Å². The van der Waals surface area contributed by atoms with Gasteiger partial charge >= 0.3 is 0 Å². The molecule has 1 aromatic carbocycles. The van der Waals surface area contributed by atoms with Crippen LogP contribution in [-0.4, -0.2) is 10.9 Å². The fourth-order valence-corrected chi connectivity index (χ4v) is 4.38. The lowest BCUT2D eigenvalue weighted by Gasteiger charge is -2.24. The van der Waals surface area contributed by atoms with E-state index in [0.29, 0.717) is 23.4 Å². The Morgan fingerprint density at radius 3 is 2.76 bits per heavy atom. The van der Waals surface area contributed by atoms with E-state index in [-0.39, 0.29) is 5.91 Å². The summed E-state index contributed by atoms with van der Waals surface area (Å²) in [5.74, 6) is 1.02. The Balaban J connectivity index is 1.71. The molecule has 1 N–H and O–H groups in total. The predicted octanol–water partition coefficient (Wildman–Crippen LogP) is 5.68. The van der Waals surface area contributed by atoms with Crippen LogP contribution < -0.4 is 5.32 Å². The molecular formula is C21H27N2OS. The van der Waals surface area contributed by atoms with Gasteiger partial charge in [-0.25, -0.2) is 4.98 Å². The van der Waals surface area contributed by atoms with Gasteiger partial charge in [0.15, 0.2) is 5.13 Å². The first-order chi connectivity index (χ1) is 12.0. The van der Waals surface area contributed by atoms with E-state index < -0.39 is 0 Å². The van der Waals surface area contributed by atoms with E-state index >= 15 is 0 Å². The number of hydrogen-bond donors (Lipinski definition) is 1. The standard InChI is InChI=1S/C21H27N2OS/c1-14(2)19-13-22-21(25-19)23-20(24)12-17-10-9-15(3)11-18(17)16-7-5-4-6-8-16/h9-11,13-14,16H,3-8,12H2,1-2H3,(H,22,23,24). The zero-order valence-corrected chi connectivity index (χ0v) is 16.0. The molecule has 0 atom stereocenters. The molecule has 3 nitrogen and oxygen atoms in total. The van der Waals surface area contributed by atoms with Crippen LogP contribution in [0.4, 0.5) is 5.13 Å². The first-order valence-corrected chi connectivity index (χ1v) is 10.0. The van der Waals surface area contributed by atoms with Crippen LogP contribution in [0.15, 0.2) is 24.4 Å². The number of nitrogens with zero attached hydrogens (tertiary/aromatic N) is 1. The maximum absolute atomic E-state index is 12.5. The molecule has 25 heavy (non-hydrogen) atoms. The molecule has 1 radical (unpaired) electrons. The van der Waals surface area contributed by atoms with Crippen molar-refractivity contribution in [3.8, 4) is 0 Å². The summed E-state index contributed by atoms with van der Waals surface area (Å²) in [4.78, 5) is 18.0. The van der Waals surface area contributed by atoms with Gasteiger partial charge in [0.25, 0.3) is 0 Å². The summed E-state index contributed by atoms with van der Waals surface area (Å²) in [5, 5.41) is 3.66. The Hall–Kier alpha value is -1.68. The number of carbonyl (C=O) groups excluding carboxylic acids is 1. The van der Waals surface area contributed by atoms with Crippen molar-refractivity contribution < 1.29 is 4.79 Å². The van der Waals surface area contributed by atoms with Crippen LogP contribution >= 0.6 is 11.3 Å². The van der Waals surface area contributed by atoms with Gasteiger partial charge in [-0.05, 0) is 48.3 Å². The lowest BCUT2D eigenvalue weighted by atomic mass is 9.81. The molecular weight excluding hydrogens is 328 g/mol. The van der Waals surface area contributed by atoms with Crippen LogP contribution in [0.25, 0.3) is 0 Å². The van der Waals surface area contributed by atoms with Crippen molar-refractivity contribution in [2.75, 3.05) is 5.32 Å². The van der Waals surface area contributed by atoms with E-state index in [1.807, 2.05) is 12.3 Å². The van der Waals surface area contributed by atoms with Gasteiger partial charge in [0.2, 0.25) is 5.91 Å². The van der Waals surface area contributed by atoms with Crippen molar-refractivity contribution in [3.05, 3.63) is 52.9 Å². The SMILES string of the molecule is [CH2]c1ccc(CC(=O)Nc2ncc(C(C)C)s2)c(C2CCCCC2)c1. The fourth-order valence-electron chi connectivity index (χ4n) is 3.55. The largest absolute Gasteiger partial charge is 0.302 e. The average molecular weight is 356 g/mol. The van der Waals surface area contributed by atoms with Gasteiger partial charge in [0, 0.05) is 11.1 Å². The number of amides is 1. The van der Waals surface area contributed by atoms with Gasteiger partial charge in [-0.15, -0.1) is 11.3 Å². The molecule has 1 fully saturated rings. The summed E-state index contributed by atoms with van der Waals surface area (Å²) in [6.07, 6.45) is 8.62. The summed E-state index contributed by atoms with van der Waals surface area (Å²) in [5.41, 5.74) is 3.49. The molecule has 1 aromatic heterocycles. The number of carbonyl (C=O) groups is 1. The highest BCUT2D eigenvalue weighted by molar-refractivity contribution is 7.15. The minimum atomic E-state index is 0.0125. The molecule has 1 saturated carbocycles. The van der Waals surface area contributed by atoms with Gasteiger partial charge in [-0.1, -0.05) is 51.3 Å². The number of hydrogen-bond acceptors (Lipinski definition) is 3. The third kappa shape index (κ3) is 4.69. The summed E-state index contributed by atoms with van der Waals surface area (Å²) in [6, 6.07) is 6.27. The molecule has 0 unspecified atom stereocenters. The normalized spacial score (nSPS) is 15.5. The zero-order chi connectivity index (χ0) is 17.8. The molecule has 0 spiro atoms. The van der Waals surface area contributed by atoms with Gasteiger partial charge in [-0.3, -0.25) is 4.79 Å². The summed E-state index contributed by atoms with van der Waals surface area (Å²) >= 11 is 1.56. The van der Waals surface area contributed by atoms with Crippen LogP contribution in [-0.2, 0) is 11.2 Å². The lowest BCUT2D eigenvalue weighted by Crippen LogP contribution is -2.17. The number of nitrogens with one attached hydrogen (secondary N) is 1. The number of aromatic nitrogens is 1.